The van der Waals surface area contributed by atoms with E-state index in [4.69, 9.17) is 9.47 Å². The monoisotopic (exact) mass is 620 g/mol. The van der Waals surface area contributed by atoms with Gasteiger partial charge in [0.15, 0.2) is 6.04 Å². The van der Waals surface area contributed by atoms with Crippen LogP contribution in [0.3, 0.4) is 0 Å². The molecule has 2 N–H and O–H groups in total. The highest BCUT2D eigenvalue weighted by atomic mass is 16.5. The number of anilines is 1. The molecule has 0 radical (unpaired) electrons. The van der Waals surface area contributed by atoms with Crippen LogP contribution in [0.15, 0.2) is 91.0 Å². The summed E-state index contributed by atoms with van der Waals surface area (Å²) in [5.41, 5.74) is 0.672. The number of nitrogens with zero attached hydrogens (tertiary/aromatic N) is 3. The van der Waals surface area contributed by atoms with Crippen LogP contribution in [0.5, 0.6) is 6.01 Å². The molecule has 4 aromatic rings. The molecule has 1 amide bonds. The molecule has 236 valence electrons. The topological polar surface area (TPSA) is 131 Å². The molecular formula is C36H36N4O6. The van der Waals surface area contributed by atoms with Gasteiger partial charge in [-0.3, -0.25) is 19.8 Å². The molecule has 1 aliphatic carbocycles. The number of nitrogens with one attached hydrogen (secondary N) is 1. The molecule has 1 saturated carbocycles. The van der Waals surface area contributed by atoms with E-state index in [-0.39, 0.29) is 19.0 Å². The van der Waals surface area contributed by atoms with Crippen molar-refractivity contribution in [1.82, 2.24) is 15.3 Å². The molecule has 3 unspecified atom stereocenters. The van der Waals surface area contributed by atoms with Crippen LogP contribution in [0.2, 0.25) is 0 Å². The fraction of sp³-hybridized carbons (Fsp3) is 0.306. The Morgan fingerprint density at radius 1 is 0.957 bits per heavy atom. The van der Waals surface area contributed by atoms with Crippen LogP contribution in [0.25, 0.3) is 0 Å². The van der Waals surface area contributed by atoms with Crippen LogP contribution in [0.4, 0.5) is 5.69 Å². The van der Waals surface area contributed by atoms with Crippen molar-refractivity contribution in [3.05, 3.63) is 119 Å². The summed E-state index contributed by atoms with van der Waals surface area (Å²) in [5, 5.41) is 14.6. The van der Waals surface area contributed by atoms with Gasteiger partial charge in [0.25, 0.3) is 0 Å². The highest BCUT2D eigenvalue weighted by Crippen LogP contribution is 2.64. The zero-order chi connectivity index (χ0) is 32.5. The van der Waals surface area contributed by atoms with Crippen LogP contribution < -0.4 is 15.0 Å². The van der Waals surface area contributed by atoms with Gasteiger partial charge in [-0.15, -0.1) is 0 Å². The maximum atomic E-state index is 14.2. The number of carbonyl (C=O) groups excluding carboxylic acids is 2. The molecule has 1 aliphatic heterocycles. The molecular weight excluding hydrogens is 584 g/mol. The number of fused-ring (bicyclic) bond motifs is 1. The summed E-state index contributed by atoms with van der Waals surface area (Å²) < 4.78 is 11.6. The first kappa shape index (κ1) is 30.9. The first-order chi connectivity index (χ1) is 22.3. The average Bonchev–Trinajstić information content (AvgIpc) is 3.84. The van der Waals surface area contributed by atoms with Crippen molar-refractivity contribution in [3.8, 4) is 6.01 Å². The third-order valence-electron chi connectivity index (χ3n) is 9.08. The lowest BCUT2D eigenvalue weighted by atomic mass is 9.69. The number of carboxylic acid groups (broad SMARTS) is 1. The fourth-order valence-electron chi connectivity index (χ4n) is 6.77. The van der Waals surface area contributed by atoms with Crippen LogP contribution in [-0.2, 0) is 37.5 Å². The lowest BCUT2D eigenvalue weighted by Gasteiger charge is -2.41. The fourth-order valence-corrected chi connectivity index (χ4v) is 6.77. The number of carbonyl (C=O) groups is 3. The Labute approximate surface area is 267 Å². The zero-order valence-electron chi connectivity index (χ0n) is 26.0. The molecule has 1 fully saturated rings. The Kier molecular flexibility index (Phi) is 8.31. The standard InChI is InChI=1S/C36H36N4O6/c1-4-25-20-26(5-2)39-34(38-25)46-29-21-35(29,33(43)44)36(24-16-10-7-11-17-24)27-18-12-13-19-28(27)40(30(41)22-37-36)31(32(42)45-3)23-14-8-6-9-15-23/h6-20,29,31,37H,4-5,21-22H2,1-3H3,(H,43,44)/t29?,31?,35?,36-/m0/s1. The van der Waals surface area contributed by atoms with Crippen molar-refractivity contribution in [2.24, 2.45) is 5.41 Å². The normalized spacial score (nSPS) is 22.7. The van der Waals surface area contributed by atoms with Gasteiger partial charge in [0.1, 0.15) is 11.5 Å². The smallest absolute Gasteiger partial charge is 0.333 e. The molecule has 4 atom stereocenters. The predicted octanol–water partition coefficient (Wildman–Crippen LogP) is 4.62. The molecule has 46 heavy (non-hydrogen) atoms. The van der Waals surface area contributed by atoms with Gasteiger partial charge in [-0.05, 0) is 36.1 Å². The molecule has 0 bridgehead atoms. The van der Waals surface area contributed by atoms with Crippen molar-refractivity contribution in [3.63, 3.8) is 0 Å². The lowest BCUT2D eigenvalue weighted by molar-refractivity contribution is -0.148. The first-order valence-corrected chi connectivity index (χ1v) is 15.4. The van der Waals surface area contributed by atoms with Crippen LogP contribution >= 0.6 is 0 Å². The molecule has 10 heteroatoms. The number of aryl methyl sites for hydroxylation is 2. The van der Waals surface area contributed by atoms with Crippen molar-refractivity contribution in [1.29, 1.82) is 0 Å². The summed E-state index contributed by atoms with van der Waals surface area (Å²) in [7, 11) is 1.28. The minimum absolute atomic E-state index is 0.118. The number of esters is 1. The number of amides is 1. The van der Waals surface area contributed by atoms with Gasteiger partial charge in [0.2, 0.25) is 5.91 Å². The summed E-state index contributed by atoms with van der Waals surface area (Å²) >= 11 is 0. The third kappa shape index (κ3) is 4.99. The number of para-hydroxylation sites is 1. The van der Waals surface area contributed by atoms with Gasteiger partial charge in [0.05, 0.1) is 24.9 Å². The first-order valence-electron chi connectivity index (χ1n) is 15.4. The Bertz CT molecular complexity index is 1740. The number of rotatable bonds is 10. The minimum Gasteiger partial charge on any atom is -0.481 e. The molecule has 2 heterocycles. The number of benzene rings is 3. The number of hydrogen-bond acceptors (Lipinski definition) is 8. The van der Waals surface area contributed by atoms with E-state index < -0.39 is 40.9 Å². The van der Waals surface area contributed by atoms with E-state index in [0.717, 1.165) is 11.4 Å². The van der Waals surface area contributed by atoms with E-state index in [2.05, 4.69) is 15.3 Å². The molecule has 6 rings (SSSR count). The zero-order valence-corrected chi connectivity index (χ0v) is 26.0. The van der Waals surface area contributed by atoms with Crippen molar-refractivity contribution in [2.45, 2.75) is 50.8 Å². The van der Waals surface area contributed by atoms with E-state index in [9.17, 15) is 19.5 Å². The summed E-state index contributed by atoms with van der Waals surface area (Å²) in [6.07, 6.45) is 0.622. The summed E-state index contributed by atoms with van der Waals surface area (Å²) in [6.45, 7) is 3.70. The maximum Gasteiger partial charge on any atom is 0.333 e. The Morgan fingerprint density at radius 3 is 2.17 bits per heavy atom. The second-order valence-electron chi connectivity index (χ2n) is 11.5. The van der Waals surface area contributed by atoms with Crippen molar-refractivity contribution in [2.75, 3.05) is 18.6 Å². The largest absolute Gasteiger partial charge is 0.481 e. The minimum atomic E-state index is -1.58. The van der Waals surface area contributed by atoms with E-state index in [1.165, 1.54) is 12.0 Å². The predicted molar refractivity (Wildman–Crippen MR) is 170 cm³/mol. The maximum absolute atomic E-state index is 14.2. The van der Waals surface area contributed by atoms with Crippen LogP contribution in [-0.4, -0.2) is 52.7 Å². The van der Waals surface area contributed by atoms with Gasteiger partial charge in [-0.1, -0.05) is 92.7 Å². The molecule has 3 aromatic carbocycles. The summed E-state index contributed by atoms with van der Waals surface area (Å²) in [6, 6.07) is 26.2. The second-order valence-corrected chi connectivity index (χ2v) is 11.5. The van der Waals surface area contributed by atoms with Crippen molar-refractivity contribution >= 4 is 23.5 Å². The highest BCUT2D eigenvalue weighted by molar-refractivity contribution is 6.03. The Morgan fingerprint density at radius 2 is 1.57 bits per heavy atom. The van der Waals surface area contributed by atoms with Gasteiger partial charge >= 0.3 is 17.9 Å². The highest BCUT2D eigenvalue weighted by Gasteiger charge is 2.76. The number of carboxylic acids is 1. The van der Waals surface area contributed by atoms with Crippen LogP contribution in [0.1, 0.15) is 54.4 Å². The van der Waals surface area contributed by atoms with E-state index in [1.807, 2.05) is 62.4 Å². The van der Waals surface area contributed by atoms with Crippen molar-refractivity contribution < 1.29 is 29.0 Å². The second kappa shape index (κ2) is 12.4. The molecule has 10 nitrogen and oxygen atoms in total. The molecule has 0 saturated heterocycles. The molecule has 1 aromatic heterocycles. The Hall–Kier alpha value is -5.09. The van der Waals surface area contributed by atoms with E-state index in [1.54, 1.807) is 42.5 Å². The number of methoxy groups -OCH3 is 1. The van der Waals surface area contributed by atoms with E-state index in [0.29, 0.717) is 35.2 Å². The van der Waals surface area contributed by atoms with E-state index >= 15 is 0 Å². The quantitative estimate of drug-likeness (QED) is 0.244. The molecule has 2 aliphatic rings. The number of aliphatic carboxylic acids is 1. The van der Waals surface area contributed by atoms with Gasteiger partial charge in [-0.25, -0.2) is 14.8 Å². The number of hydrogen-bond donors (Lipinski definition) is 2. The van der Waals surface area contributed by atoms with Gasteiger partial charge < -0.3 is 14.6 Å². The summed E-state index contributed by atoms with van der Waals surface area (Å²) in [4.78, 5) is 51.8. The Balaban J connectivity index is 1.56. The average molecular weight is 621 g/mol. The van der Waals surface area contributed by atoms with Gasteiger partial charge in [0, 0.05) is 23.4 Å². The van der Waals surface area contributed by atoms with Gasteiger partial charge in [-0.2, -0.15) is 0 Å². The number of ether oxygens (including phenoxy) is 2. The third-order valence-corrected chi connectivity index (χ3v) is 9.08. The summed E-state index contributed by atoms with van der Waals surface area (Å²) in [5.74, 6) is -2.14. The SMILES string of the molecule is CCc1cc(CC)nc(OC2CC2(C(=O)O)[C@@]2(c3ccccc3)NCC(=O)N(C(C(=O)OC)c3ccccc3)c3ccccc32)n1. The number of aromatic nitrogens is 2. The molecule has 0 spiro atoms. The van der Waals surface area contributed by atoms with Crippen LogP contribution in [0, 0.1) is 5.41 Å². The lowest BCUT2D eigenvalue weighted by Crippen LogP contribution is -2.56.